The molecule has 0 aromatic heterocycles. The van der Waals surface area contributed by atoms with Crippen molar-refractivity contribution in [1.82, 2.24) is 0 Å². The smallest absolute Gasteiger partial charge is 0.344 e. The average molecular weight is 400 g/mol. The average Bonchev–Trinajstić information content (AvgIpc) is 2.55. The summed E-state index contributed by atoms with van der Waals surface area (Å²) in [6.07, 6.45) is 0. The van der Waals surface area contributed by atoms with Crippen LogP contribution in [-0.2, 0) is 14.3 Å². The minimum absolute atomic E-state index is 0.205. The molecule has 126 valence electrons. The molecule has 2 aromatic carbocycles. The molecule has 1 N–H and O–H groups in total. The van der Waals surface area contributed by atoms with Gasteiger partial charge in [-0.15, -0.1) is 0 Å². The van der Waals surface area contributed by atoms with Gasteiger partial charge >= 0.3 is 5.97 Å². The van der Waals surface area contributed by atoms with E-state index in [1.807, 2.05) is 0 Å². The summed E-state index contributed by atoms with van der Waals surface area (Å²) in [5, 5.41) is 2.17. The topological polar surface area (TPSA) is 64.6 Å². The lowest BCUT2D eigenvalue weighted by Crippen LogP contribution is -2.24. The molecule has 0 atom stereocenters. The van der Waals surface area contributed by atoms with E-state index in [1.165, 1.54) is 0 Å². The van der Waals surface area contributed by atoms with Crippen molar-refractivity contribution in [2.45, 2.75) is 0 Å². The number of anilines is 1. The first-order valence-electron chi connectivity index (χ1n) is 6.73. The van der Waals surface area contributed by atoms with Crippen LogP contribution in [0.5, 0.6) is 5.75 Å². The highest BCUT2D eigenvalue weighted by molar-refractivity contribution is 9.10. The van der Waals surface area contributed by atoms with Gasteiger partial charge in [0.05, 0.1) is 5.69 Å². The number of ether oxygens (including phenoxy) is 2. The summed E-state index contributed by atoms with van der Waals surface area (Å²) in [6.45, 7) is -0.987. The van der Waals surface area contributed by atoms with Gasteiger partial charge in [-0.2, -0.15) is 0 Å². The first-order valence-corrected chi connectivity index (χ1v) is 7.52. The molecular formula is C16H12BrF2NO4. The van der Waals surface area contributed by atoms with Crippen LogP contribution in [-0.4, -0.2) is 25.1 Å². The van der Waals surface area contributed by atoms with Crippen molar-refractivity contribution in [2.75, 3.05) is 18.5 Å². The van der Waals surface area contributed by atoms with E-state index in [0.29, 0.717) is 11.8 Å². The van der Waals surface area contributed by atoms with Crippen molar-refractivity contribution in [3.63, 3.8) is 0 Å². The third kappa shape index (κ3) is 5.62. The van der Waals surface area contributed by atoms with Gasteiger partial charge in [-0.05, 0) is 36.4 Å². The molecule has 0 aliphatic heterocycles. The number of hydrogen-bond donors (Lipinski definition) is 1. The molecule has 0 bridgehead atoms. The van der Waals surface area contributed by atoms with Gasteiger partial charge in [0, 0.05) is 10.5 Å². The van der Waals surface area contributed by atoms with Crippen molar-refractivity contribution in [1.29, 1.82) is 0 Å². The summed E-state index contributed by atoms with van der Waals surface area (Å²) in [5.41, 5.74) is -0.205. The van der Waals surface area contributed by atoms with Crippen LogP contribution < -0.4 is 10.1 Å². The zero-order valence-electron chi connectivity index (χ0n) is 12.2. The molecule has 24 heavy (non-hydrogen) atoms. The summed E-state index contributed by atoms with van der Waals surface area (Å²) in [4.78, 5) is 23.1. The second kappa shape index (κ2) is 8.39. The molecule has 0 radical (unpaired) electrons. The van der Waals surface area contributed by atoms with Gasteiger partial charge in [0.15, 0.2) is 13.2 Å². The molecule has 0 saturated heterocycles. The van der Waals surface area contributed by atoms with Crippen LogP contribution >= 0.6 is 15.9 Å². The first-order chi connectivity index (χ1) is 11.4. The summed E-state index contributed by atoms with van der Waals surface area (Å²) >= 11 is 3.26. The molecule has 0 heterocycles. The first kappa shape index (κ1) is 17.9. The number of carbonyl (C=O) groups is 2. The Labute approximate surface area is 144 Å². The van der Waals surface area contributed by atoms with Gasteiger partial charge < -0.3 is 14.8 Å². The molecule has 1 amide bonds. The van der Waals surface area contributed by atoms with Gasteiger partial charge in [0.25, 0.3) is 5.91 Å². The van der Waals surface area contributed by atoms with Gasteiger partial charge in [0.1, 0.15) is 17.4 Å². The minimum Gasteiger partial charge on any atom is -0.482 e. The van der Waals surface area contributed by atoms with Gasteiger partial charge in [0.2, 0.25) is 0 Å². The fraction of sp³-hybridized carbons (Fsp3) is 0.125. The van der Waals surface area contributed by atoms with E-state index in [0.717, 1.165) is 16.6 Å². The van der Waals surface area contributed by atoms with Crippen molar-refractivity contribution in [2.24, 2.45) is 0 Å². The minimum atomic E-state index is -0.923. The van der Waals surface area contributed by atoms with E-state index in [4.69, 9.17) is 9.47 Å². The van der Waals surface area contributed by atoms with E-state index >= 15 is 0 Å². The van der Waals surface area contributed by atoms with Crippen LogP contribution in [0.15, 0.2) is 46.9 Å². The Balaban J connectivity index is 1.74. The molecule has 0 aliphatic rings. The molecule has 5 nitrogen and oxygen atoms in total. The number of esters is 1. The van der Waals surface area contributed by atoms with Crippen LogP contribution in [0, 0.1) is 11.6 Å². The third-order valence-corrected chi connectivity index (χ3v) is 3.27. The molecule has 0 saturated carbocycles. The number of carbonyl (C=O) groups excluding carboxylic acids is 2. The molecule has 0 fully saturated rings. The van der Waals surface area contributed by atoms with Gasteiger partial charge in [-0.3, -0.25) is 4.79 Å². The second-order valence-electron chi connectivity index (χ2n) is 4.58. The summed E-state index contributed by atoms with van der Waals surface area (Å²) in [5.74, 6) is -2.73. The van der Waals surface area contributed by atoms with Crippen molar-refractivity contribution < 1.29 is 27.8 Å². The lowest BCUT2D eigenvalue weighted by Gasteiger charge is -2.08. The lowest BCUT2D eigenvalue weighted by atomic mass is 10.3. The van der Waals surface area contributed by atoms with Gasteiger partial charge in [-0.25, -0.2) is 13.6 Å². The van der Waals surface area contributed by atoms with Crippen LogP contribution in [0.3, 0.4) is 0 Å². The van der Waals surface area contributed by atoms with E-state index < -0.39 is 30.1 Å². The Morgan fingerprint density at radius 2 is 1.75 bits per heavy atom. The van der Waals surface area contributed by atoms with Crippen LogP contribution in [0.25, 0.3) is 0 Å². The molecular weight excluding hydrogens is 388 g/mol. The molecule has 0 spiro atoms. The third-order valence-electron chi connectivity index (χ3n) is 2.74. The number of halogens is 3. The Hall–Kier alpha value is -2.48. The van der Waals surface area contributed by atoms with Crippen molar-refractivity contribution in [3.05, 3.63) is 58.6 Å². The highest BCUT2D eigenvalue weighted by atomic mass is 79.9. The summed E-state index contributed by atoms with van der Waals surface area (Å²) in [6, 6.07) is 9.49. The molecule has 2 rings (SSSR count). The number of amides is 1. The normalized spacial score (nSPS) is 10.1. The SMILES string of the molecule is O=C(COC(=O)COc1ccc(Br)cc1)Nc1ccc(F)cc1F. The maximum absolute atomic E-state index is 13.4. The Kier molecular flexibility index (Phi) is 6.25. The Morgan fingerprint density at radius 1 is 1.04 bits per heavy atom. The van der Waals surface area contributed by atoms with Gasteiger partial charge in [-0.1, -0.05) is 15.9 Å². The van der Waals surface area contributed by atoms with Crippen molar-refractivity contribution in [3.8, 4) is 5.75 Å². The molecule has 0 aliphatic carbocycles. The molecule has 8 heteroatoms. The predicted octanol–water partition coefficient (Wildman–Crippen LogP) is 3.29. The molecule has 0 unspecified atom stereocenters. The second-order valence-corrected chi connectivity index (χ2v) is 5.49. The zero-order valence-corrected chi connectivity index (χ0v) is 13.8. The summed E-state index contributed by atoms with van der Waals surface area (Å²) in [7, 11) is 0. The maximum atomic E-state index is 13.4. The van der Waals surface area contributed by atoms with Crippen LogP contribution in [0.2, 0.25) is 0 Å². The fourth-order valence-electron chi connectivity index (χ4n) is 1.64. The largest absolute Gasteiger partial charge is 0.482 e. The quantitative estimate of drug-likeness (QED) is 0.756. The van der Waals surface area contributed by atoms with Crippen LogP contribution in [0.4, 0.5) is 14.5 Å². The number of rotatable bonds is 6. The summed E-state index contributed by atoms with van der Waals surface area (Å²) < 4.78 is 36.9. The number of benzene rings is 2. The number of nitrogens with one attached hydrogen (secondary N) is 1. The zero-order chi connectivity index (χ0) is 17.5. The lowest BCUT2D eigenvalue weighted by molar-refractivity contribution is -0.149. The van der Waals surface area contributed by atoms with Crippen LogP contribution in [0.1, 0.15) is 0 Å². The Bertz CT molecular complexity index is 737. The maximum Gasteiger partial charge on any atom is 0.344 e. The van der Waals surface area contributed by atoms with E-state index in [-0.39, 0.29) is 12.3 Å². The highest BCUT2D eigenvalue weighted by Crippen LogP contribution is 2.16. The van der Waals surface area contributed by atoms with E-state index in [1.54, 1.807) is 24.3 Å². The molecule has 2 aromatic rings. The monoisotopic (exact) mass is 399 g/mol. The highest BCUT2D eigenvalue weighted by Gasteiger charge is 2.11. The standard InChI is InChI=1S/C16H12BrF2NO4/c17-10-1-4-12(5-2-10)23-9-16(22)24-8-15(21)20-14-6-3-11(18)7-13(14)19/h1-7H,8-9H2,(H,20,21). The Morgan fingerprint density at radius 3 is 2.42 bits per heavy atom. The fourth-order valence-corrected chi connectivity index (χ4v) is 1.90. The van der Waals surface area contributed by atoms with E-state index in [2.05, 4.69) is 21.2 Å². The van der Waals surface area contributed by atoms with E-state index in [9.17, 15) is 18.4 Å². The number of hydrogen-bond acceptors (Lipinski definition) is 4. The predicted molar refractivity (Wildman–Crippen MR) is 85.6 cm³/mol. The van der Waals surface area contributed by atoms with Crippen molar-refractivity contribution >= 4 is 33.5 Å².